The lowest BCUT2D eigenvalue weighted by Gasteiger charge is -2.08. The molecule has 0 bridgehead atoms. The number of nitriles is 1. The van der Waals surface area contributed by atoms with E-state index in [2.05, 4.69) is 16.4 Å². The number of rotatable bonds is 8. The Bertz CT molecular complexity index is 1040. The number of aromatic nitrogens is 1. The highest BCUT2D eigenvalue weighted by Gasteiger charge is 2.11. The first kappa shape index (κ1) is 20.2. The van der Waals surface area contributed by atoms with Crippen LogP contribution >= 0.6 is 11.3 Å². The predicted molar refractivity (Wildman–Crippen MR) is 115 cm³/mol. The smallest absolute Gasteiger partial charge is 0.161 e. The summed E-state index contributed by atoms with van der Waals surface area (Å²) in [5, 5.41) is 15.2. The average Bonchev–Trinajstić information content (AvgIpc) is 3.25. The molecule has 7 heteroatoms. The number of anilines is 1. The number of thiazole rings is 1. The summed E-state index contributed by atoms with van der Waals surface area (Å²) >= 11 is 1.41. The zero-order chi connectivity index (χ0) is 20.6. The Morgan fingerprint density at radius 3 is 2.55 bits per heavy atom. The Morgan fingerprint density at radius 2 is 1.90 bits per heavy atom. The highest BCUT2D eigenvalue weighted by atomic mass is 32.1. The fraction of sp³-hybridized carbons (Fsp3) is 0.182. The van der Waals surface area contributed by atoms with E-state index in [0.717, 1.165) is 22.7 Å². The van der Waals surface area contributed by atoms with E-state index in [-0.39, 0.29) is 0 Å². The molecule has 0 radical (unpaired) electrons. The van der Waals surface area contributed by atoms with E-state index in [9.17, 15) is 5.26 Å². The molecule has 0 fully saturated rings. The van der Waals surface area contributed by atoms with Crippen molar-refractivity contribution >= 4 is 22.6 Å². The number of nitrogens with zero attached hydrogens (tertiary/aromatic N) is 2. The minimum absolute atomic E-state index is 0.454. The van der Waals surface area contributed by atoms with E-state index < -0.39 is 0 Å². The summed E-state index contributed by atoms with van der Waals surface area (Å²) in [4.78, 5) is 4.60. The zero-order valence-electron chi connectivity index (χ0n) is 16.4. The van der Waals surface area contributed by atoms with E-state index in [1.54, 1.807) is 20.4 Å². The number of nitrogens with one attached hydrogen (secondary N) is 1. The summed E-state index contributed by atoms with van der Waals surface area (Å²) in [6.07, 6.45) is 1.66. The van der Waals surface area contributed by atoms with Crippen LogP contribution in [-0.4, -0.2) is 25.8 Å². The van der Waals surface area contributed by atoms with Crippen molar-refractivity contribution in [2.24, 2.45) is 0 Å². The molecule has 0 unspecified atom stereocenters. The number of allylic oxidation sites excluding steroid dienone is 1. The van der Waals surface area contributed by atoms with Gasteiger partial charge in [0.05, 0.1) is 26.5 Å². The lowest BCUT2D eigenvalue weighted by Crippen LogP contribution is -1.93. The molecular formula is C22H21N3O3S. The molecule has 1 heterocycles. The molecule has 29 heavy (non-hydrogen) atoms. The van der Waals surface area contributed by atoms with E-state index in [4.69, 9.17) is 14.2 Å². The normalized spacial score (nSPS) is 10.9. The van der Waals surface area contributed by atoms with Gasteiger partial charge in [-0.25, -0.2) is 4.98 Å². The van der Waals surface area contributed by atoms with Gasteiger partial charge in [0, 0.05) is 22.8 Å². The Labute approximate surface area is 174 Å². The van der Waals surface area contributed by atoms with Crippen LogP contribution in [0.1, 0.15) is 11.9 Å². The first-order chi connectivity index (χ1) is 14.2. The third kappa shape index (κ3) is 4.86. The Balaban J connectivity index is 1.78. The molecule has 0 aliphatic rings. The molecule has 0 saturated heterocycles. The number of methoxy groups -OCH3 is 2. The minimum atomic E-state index is 0.454. The molecular weight excluding hydrogens is 386 g/mol. The molecule has 0 spiro atoms. The van der Waals surface area contributed by atoms with Gasteiger partial charge in [0.2, 0.25) is 0 Å². The molecule has 0 amide bonds. The van der Waals surface area contributed by atoms with Crippen molar-refractivity contribution < 1.29 is 14.2 Å². The first-order valence-electron chi connectivity index (χ1n) is 8.96. The maximum atomic E-state index is 9.55. The standard InChI is InChI=1S/C22H21N3O3S/c1-4-28-18-8-6-17(7-9-18)24-13-16(12-23)22-25-19(14-29-22)15-5-10-20(26-2)21(11-15)27-3/h5-11,13-14,24H,4H2,1-3H3. The lowest BCUT2D eigenvalue weighted by molar-refractivity contribution is 0.340. The summed E-state index contributed by atoms with van der Waals surface area (Å²) in [5.74, 6) is 2.10. The topological polar surface area (TPSA) is 76.4 Å². The van der Waals surface area contributed by atoms with Gasteiger partial charge in [0.1, 0.15) is 22.4 Å². The maximum absolute atomic E-state index is 9.55. The van der Waals surface area contributed by atoms with Crippen molar-refractivity contribution in [1.82, 2.24) is 4.98 Å². The summed E-state index contributed by atoms with van der Waals surface area (Å²) in [6.45, 7) is 2.57. The summed E-state index contributed by atoms with van der Waals surface area (Å²) in [7, 11) is 3.19. The van der Waals surface area contributed by atoms with Gasteiger partial charge in [0.15, 0.2) is 11.5 Å². The van der Waals surface area contributed by atoms with Gasteiger partial charge in [-0.15, -0.1) is 11.3 Å². The van der Waals surface area contributed by atoms with Crippen LogP contribution in [0.25, 0.3) is 16.8 Å². The van der Waals surface area contributed by atoms with Crippen LogP contribution in [0.2, 0.25) is 0 Å². The molecule has 2 aromatic carbocycles. The second-order valence-corrected chi connectivity index (χ2v) is 6.74. The average molecular weight is 407 g/mol. The molecule has 148 valence electrons. The number of hydrogen-bond donors (Lipinski definition) is 1. The summed E-state index contributed by atoms with van der Waals surface area (Å²) in [6, 6.07) is 15.4. The number of benzene rings is 2. The van der Waals surface area contributed by atoms with Crippen LogP contribution in [-0.2, 0) is 0 Å². The first-order valence-corrected chi connectivity index (χ1v) is 9.84. The van der Waals surface area contributed by atoms with Crippen molar-refractivity contribution in [2.45, 2.75) is 6.92 Å². The Morgan fingerprint density at radius 1 is 1.14 bits per heavy atom. The molecule has 0 atom stereocenters. The molecule has 0 aliphatic heterocycles. The van der Waals surface area contributed by atoms with Crippen LogP contribution in [0.15, 0.2) is 54.0 Å². The number of ether oxygens (including phenoxy) is 3. The second-order valence-electron chi connectivity index (χ2n) is 5.88. The fourth-order valence-electron chi connectivity index (χ4n) is 2.64. The third-order valence-corrected chi connectivity index (χ3v) is 4.96. The Hall–Kier alpha value is -3.50. The second kappa shape index (κ2) is 9.62. The largest absolute Gasteiger partial charge is 0.494 e. The van der Waals surface area contributed by atoms with E-state index in [1.165, 1.54) is 11.3 Å². The van der Waals surface area contributed by atoms with Gasteiger partial charge < -0.3 is 19.5 Å². The summed E-state index contributed by atoms with van der Waals surface area (Å²) in [5.41, 5.74) is 2.98. The minimum Gasteiger partial charge on any atom is -0.494 e. The van der Waals surface area contributed by atoms with Gasteiger partial charge in [0.25, 0.3) is 0 Å². The van der Waals surface area contributed by atoms with Crippen molar-refractivity contribution in [2.75, 3.05) is 26.1 Å². The highest BCUT2D eigenvalue weighted by molar-refractivity contribution is 7.11. The van der Waals surface area contributed by atoms with E-state index in [1.807, 2.05) is 54.8 Å². The van der Waals surface area contributed by atoms with Crippen LogP contribution < -0.4 is 19.5 Å². The lowest BCUT2D eigenvalue weighted by atomic mass is 10.1. The van der Waals surface area contributed by atoms with Gasteiger partial charge in [-0.3, -0.25) is 0 Å². The predicted octanol–water partition coefficient (Wildman–Crippen LogP) is 5.20. The van der Waals surface area contributed by atoms with Crippen molar-refractivity contribution in [3.05, 3.63) is 59.1 Å². The molecule has 0 saturated carbocycles. The molecule has 0 aliphatic carbocycles. The van der Waals surface area contributed by atoms with Gasteiger partial charge in [-0.2, -0.15) is 5.26 Å². The van der Waals surface area contributed by atoms with Crippen LogP contribution in [0, 0.1) is 11.3 Å². The van der Waals surface area contributed by atoms with Crippen molar-refractivity contribution in [1.29, 1.82) is 5.26 Å². The van der Waals surface area contributed by atoms with Crippen molar-refractivity contribution in [3.8, 4) is 34.6 Å². The Kier molecular flexibility index (Phi) is 6.72. The molecule has 3 rings (SSSR count). The summed E-state index contributed by atoms with van der Waals surface area (Å²) < 4.78 is 16.1. The van der Waals surface area contributed by atoms with E-state index in [0.29, 0.717) is 28.7 Å². The SMILES string of the molecule is CCOc1ccc(NC=C(C#N)c2nc(-c3ccc(OC)c(OC)c3)cs2)cc1. The highest BCUT2D eigenvalue weighted by Crippen LogP contribution is 2.33. The number of hydrogen-bond acceptors (Lipinski definition) is 7. The zero-order valence-corrected chi connectivity index (χ0v) is 17.2. The van der Waals surface area contributed by atoms with Gasteiger partial charge in [-0.1, -0.05) is 0 Å². The molecule has 6 nitrogen and oxygen atoms in total. The van der Waals surface area contributed by atoms with Gasteiger partial charge >= 0.3 is 0 Å². The van der Waals surface area contributed by atoms with Crippen molar-refractivity contribution in [3.63, 3.8) is 0 Å². The monoisotopic (exact) mass is 407 g/mol. The molecule has 1 N–H and O–H groups in total. The fourth-order valence-corrected chi connectivity index (χ4v) is 3.43. The van der Waals surface area contributed by atoms with Crippen LogP contribution in [0.5, 0.6) is 17.2 Å². The molecule has 3 aromatic rings. The van der Waals surface area contributed by atoms with Crippen LogP contribution in [0.3, 0.4) is 0 Å². The molecule has 1 aromatic heterocycles. The quantitative estimate of drug-likeness (QED) is 0.517. The third-order valence-electron chi connectivity index (χ3n) is 4.08. The van der Waals surface area contributed by atoms with E-state index >= 15 is 0 Å². The maximum Gasteiger partial charge on any atom is 0.161 e. The van der Waals surface area contributed by atoms with Crippen LogP contribution in [0.4, 0.5) is 5.69 Å². The van der Waals surface area contributed by atoms with Gasteiger partial charge in [-0.05, 0) is 49.4 Å².